The Balaban J connectivity index is 1.72. The van der Waals surface area contributed by atoms with Crippen LogP contribution in [0.1, 0.15) is 12.8 Å². The molecule has 1 saturated heterocycles. The predicted molar refractivity (Wildman–Crippen MR) is 86.5 cm³/mol. The summed E-state index contributed by atoms with van der Waals surface area (Å²) in [5.41, 5.74) is 0.140. The summed E-state index contributed by atoms with van der Waals surface area (Å²) in [5.74, 6) is -2.77. The Bertz CT molecular complexity index is 597. The molecule has 8 heteroatoms. The van der Waals surface area contributed by atoms with E-state index in [0.29, 0.717) is 6.04 Å². The summed E-state index contributed by atoms with van der Waals surface area (Å²) in [6, 6.07) is 3.45. The van der Waals surface area contributed by atoms with E-state index in [1.165, 1.54) is 6.07 Å². The van der Waals surface area contributed by atoms with Crippen molar-refractivity contribution in [2.75, 3.05) is 38.5 Å². The number of piperidine rings is 1. The van der Waals surface area contributed by atoms with Gasteiger partial charge in [-0.3, -0.25) is 14.5 Å². The van der Waals surface area contributed by atoms with E-state index < -0.39 is 17.5 Å². The van der Waals surface area contributed by atoms with Crippen LogP contribution < -0.4 is 16.0 Å². The highest BCUT2D eigenvalue weighted by atomic mass is 19.2. The molecule has 0 spiro atoms. The first-order chi connectivity index (χ1) is 11.5. The van der Waals surface area contributed by atoms with Gasteiger partial charge in [0.2, 0.25) is 11.8 Å². The Morgan fingerprint density at radius 3 is 2.75 bits per heavy atom. The van der Waals surface area contributed by atoms with Crippen molar-refractivity contribution in [1.82, 2.24) is 15.5 Å². The fraction of sp³-hybridized carbons (Fsp3) is 0.500. The van der Waals surface area contributed by atoms with E-state index in [4.69, 9.17) is 0 Å². The molecular weight excluding hydrogens is 318 g/mol. The van der Waals surface area contributed by atoms with Crippen LogP contribution in [0.4, 0.5) is 14.5 Å². The van der Waals surface area contributed by atoms with Crippen LogP contribution in [0.5, 0.6) is 0 Å². The van der Waals surface area contributed by atoms with Crippen molar-refractivity contribution in [1.29, 1.82) is 0 Å². The van der Waals surface area contributed by atoms with E-state index in [0.717, 1.165) is 38.1 Å². The Hall–Kier alpha value is -2.06. The summed E-state index contributed by atoms with van der Waals surface area (Å²) < 4.78 is 25.9. The quantitative estimate of drug-likeness (QED) is 0.713. The molecule has 2 amide bonds. The number of carbonyl (C=O) groups excluding carboxylic acids is 2. The van der Waals surface area contributed by atoms with Crippen molar-refractivity contribution in [2.45, 2.75) is 18.9 Å². The zero-order chi connectivity index (χ0) is 17.5. The van der Waals surface area contributed by atoms with Crippen LogP contribution in [-0.2, 0) is 9.59 Å². The van der Waals surface area contributed by atoms with Gasteiger partial charge < -0.3 is 16.0 Å². The molecule has 1 unspecified atom stereocenters. The van der Waals surface area contributed by atoms with E-state index in [2.05, 4.69) is 16.0 Å². The Kier molecular flexibility index (Phi) is 6.62. The van der Waals surface area contributed by atoms with Crippen molar-refractivity contribution >= 4 is 17.5 Å². The van der Waals surface area contributed by atoms with Crippen molar-refractivity contribution in [2.24, 2.45) is 0 Å². The number of hydrogen-bond acceptors (Lipinski definition) is 4. The molecule has 3 N–H and O–H groups in total. The number of likely N-dealkylation sites (tertiary alicyclic amines) is 1. The lowest BCUT2D eigenvalue weighted by Crippen LogP contribution is -2.48. The van der Waals surface area contributed by atoms with Crippen LogP contribution in [0.15, 0.2) is 18.2 Å². The first-order valence-electron chi connectivity index (χ1n) is 7.89. The van der Waals surface area contributed by atoms with E-state index in [1.807, 2.05) is 11.9 Å². The third-order valence-electron chi connectivity index (χ3n) is 3.93. The van der Waals surface area contributed by atoms with Crippen LogP contribution in [0, 0.1) is 11.6 Å². The number of anilines is 1. The van der Waals surface area contributed by atoms with Gasteiger partial charge in [-0.15, -0.1) is 0 Å². The highest BCUT2D eigenvalue weighted by molar-refractivity contribution is 5.94. The molecule has 1 heterocycles. The highest BCUT2D eigenvalue weighted by Gasteiger charge is 2.20. The molecule has 1 aliphatic rings. The molecule has 1 atom stereocenters. The molecule has 0 aliphatic carbocycles. The van der Waals surface area contributed by atoms with Gasteiger partial charge in [0.25, 0.3) is 0 Å². The lowest BCUT2D eigenvalue weighted by Gasteiger charge is -2.31. The molecule has 1 aromatic rings. The SMILES string of the molecule is CNC1CCCN(CC(=O)NCC(=O)Nc2ccc(F)c(F)c2)C1. The predicted octanol–water partition coefficient (Wildman–Crippen LogP) is 0.703. The van der Waals surface area contributed by atoms with Gasteiger partial charge in [-0.2, -0.15) is 0 Å². The molecule has 0 saturated carbocycles. The molecule has 1 fully saturated rings. The summed E-state index contributed by atoms with van der Waals surface area (Å²) in [6.07, 6.45) is 2.11. The molecule has 2 rings (SSSR count). The maximum Gasteiger partial charge on any atom is 0.243 e. The van der Waals surface area contributed by atoms with Crippen molar-refractivity contribution in [3.05, 3.63) is 29.8 Å². The third-order valence-corrected chi connectivity index (χ3v) is 3.93. The van der Waals surface area contributed by atoms with E-state index in [9.17, 15) is 18.4 Å². The van der Waals surface area contributed by atoms with Gasteiger partial charge in [0.15, 0.2) is 11.6 Å². The van der Waals surface area contributed by atoms with Crippen molar-refractivity contribution < 1.29 is 18.4 Å². The number of nitrogens with zero attached hydrogens (tertiary/aromatic N) is 1. The Morgan fingerprint density at radius 2 is 2.04 bits per heavy atom. The number of amides is 2. The molecule has 0 aromatic heterocycles. The first-order valence-corrected chi connectivity index (χ1v) is 7.89. The minimum absolute atomic E-state index is 0.140. The fourth-order valence-electron chi connectivity index (χ4n) is 2.65. The van der Waals surface area contributed by atoms with Gasteiger partial charge in [-0.05, 0) is 38.6 Å². The number of hydrogen-bond donors (Lipinski definition) is 3. The van der Waals surface area contributed by atoms with E-state index in [1.54, 1.807) is 0 Å². The second-order valence-electron chi connectivity index (χ2n) is 5.82. The number of halogens is 2. The van der Waals surface area contributed by atoms with Gasteiger partial charge in [-0.25, -0.2) is 8.78 Å². The maximum atomic E-state index is 13.1. The van der Waals surface area contributed by atoms with Gasteiger partial charge in [0, 0.05) is 24.3 Å². The summed E-state index contributed by atoms with van der Waals surface area (Å²) in [6.45, 7) is 1.66. The van der Waals surface area contributed by atoms with Gasteiger partial charge in [0.1, 0.15) is 0 Å². The number of nitrogens with one attached hydrogen (secondary N) is 3. The van der Waals surface area contributed by atoms with Crippen molar-refractivity contribution in [3.63, 3.8) is 0 Å². The molecule has 0 radical (unpaired) electrons. The number of likely N-dealkylation sites (N-methyl/N-ethyl adjacent to an activating group) is 1. The summed E-state index contributed by atoms with van der Waals surface area (Å²) in [5, 5.41) is 8.13. The molecule has 0 bridgehead atoms. The van der Waals surface area contributed by atoms with Gasteiger partial charge >= 0.3 is 0 Å². The van der Waals surface area contributed by atoms with Crippen LogP contribution >= 0.6 is 0 Å². The second-order valence-corrected chi connectivity index (χ2v) is 5.82. The lowest BCUT2D eigenvalue weighted by atomic mass is 10.1. The van der Waals surface area contributed by atoms with E-state index in [-0.39, 0.29) is 24.7 Å². The zero-order valence-electron chi connectivity index (χ0n) is 13.6. The summed E-state index contributed by atoms with van der Waals surface area (Å²) in [4.78, 5) is 25.7. The molecule has 24 heavy (non-hydrogen) atoms. The minimum atomic E-state index is -1.04. The maximum absolute atomic E-state index is 13.1. The minimum Gasteiger partial charge on any atom is -0.346 e. The fourth-order valence-corrected chi connectivity index (χ4v) is 2.65. The average molecular weight is 340 g/mol. The van der Waals surface area contributed by atoms with Crippen LogP contribution in [0.25, 0.3) is 0 Å². The first kappa shape index (κ1) is 18.3. The molecule has 1 aromatic carbocycles. The number of carbonyl (C=O) groups is 2. The standard InChI is InChI=1S/C16H22F2N4O2/c1-19-12-3-2-6-22(9-12)10-16(24)20-8-15(23)21-11-4-5-13(17)14(18)7-11/h4-5,7,12,19H,2-3,6,8-10H2,1H3,(H,20,24)(H,21,23). The largest absolute Gasteiger partial charge is 0.346 e. The lowest BCUT2D eigenvalue weighted by molar-refractivity contribution is -0.125. The molecular formula is C16H22F2N4O2. The van der Waals surface area contributed by atoms with Crippen LogP contribution in [0.3, 0.4) is 0 Å². The van der Waals surface area contributed by atoms with E-state index >= 15 is 0 Å². The average Bonchev–Trinajstić information content (AvgIpc) is 2.56. The monoisotopic (exact) mass is 340 g/mol. The smallest absolute Gasteiger partial charge is 0.243 e. The summed E-state index contributed by atoms with van der Waals surface area (Å²) >= 11 is 0. The highest BCUT2D eigenvalue weighted by Crippen LogP contribution is 2.12. The Morgan fingerprint density at radius 1 is 1.25 bits per heavy atom. The molecule has 132 valence electrons. The van der Waals surface area contributed by atoms with Crippen LogP contribution in [0.2, 0.25) is 0 Å². The molecule has 6 nitrogen and oxygen atoms in total. The second kappa shape index (κ2) is 8.70. The number of benzene rings is 1. The number of rotatable bonds is 6. The van der Waals surface area contributed by atoms with Crippen molar-refractivity contribution in [3.8, 4) is 0 Å². The topological polar surface area (TPSA) is 73.5 Å². The zero-order valence-corrected chi connectivity index (χ0v) is 13.6. The summed E-state index contributed by atoms with van der Waals surface area (Å²) in [7, 11) is 1.90. The van der Waals surface area contributed by atoms with Gasteiger partial charge in [-0.1, -0.05) is 0 Å². The van der Waals surface area contributed by atoms with Gasteiger partial charge in [0.05, 0.1) is 13.1 Å². The molecule has 1 aliphatic heterocycles. The normalized spacial score (nSPS) is 18.2. The Labute approximate surface area is 139 Å². The van der Waals surface area contributed by atoms with Crippen LogP contribution in [-0.4, -0.2) is 56.0 Å². The third kappa shape index (κ3) is 5.54.